The number of fused-ring (bicyclic) bond motifs is 3. The fourth-order valence-electron chi connectivity index (χ4n) is 1.92. The van der Waals surface area contributed by atoms with E-state index < -0.39 is 0 Å². The van der Waals surface area contributed by atoms with Crippen molar-refractivity contribution >= 4 is 53.1 Å². The summed E-state index contributed by atoms with van der Waals surface area (Å²) >= 11 is 5.40. The molecule has 16 heavy (non-hydrogen) atoms. The zero-order valence-electron chi connectivity index (χ0n) is 8.75. The first kappa shape index (κ1) is 10.1. The first-order valence-electron chi connectivity index (χ1n) is 5.03. The quantitative estimate of drug-likeness (QED) is 0.597. The van der Waals surface area contributed by atoms with Gasteiger partial charge in [-0.1, -0.05) is 15.9 Å². The molecule has 0 radical (unpaired) electrons. The Morgan fingerprint density at radius 3 is 2.62 bits per heavy atom. The van der Waals surface area contributed by atoms with Crippen LogP contribution in [0.4, 0.5) is 5.69 Å². The van der Waals surface area contributed by atoms with Crippen LogP contribution >= 0.6 is 27.3 Å². The summed E-state index contributed by atoms with van der Waals surface area (Å²) in [6, 6.07) is 10.5. The molecule has 3 aromatic rings. The van der Waals surface area contributed by atoms with Gasteiger partial charge in [0.2, 0.25) is 0 Å². The lowest BCUT2D eigenvalue weighted by Gasteiger charge is -1.98. The third-order valence-electron chi connectivity index (χ3n) is 2.77. The van der Waals surface area contributed by atoms with Crippen LogP contribution in [-0.4, -0.2) is 0 Å². The number of nitrogens with two attached hydrogens (primary N) is 1. The van der Waals surface area contributed by atoms with Gasteiger partial charge >= 0.3 is 0 Å². The second kappa shape index (κ2) is 3.47. The summed E-state index contributed by atoms with van der Waals surface area (Å²) in [5.41, 5.74) is 7.93. The normalized spacial score (nSPS) is 11.4. The maximum absolute atomic E-state index is 5.83. The van der Waals surface area contributed by atoms with Crippen molar-refractivity contribution in [2.45, 2.75) is 6.92 Å². The van der Waals surface area contributed by atoms with E-state index >= 15 is 0 Å². The Hall–Kier alpha value is -1.06. The second-order valence-electron chi connectivity index (χ2n) is 3.96. The van der Waals surface area contributed by atoms with Gasteiger partial charge in [-0.2, -0.15) is 0 Å². The average molecular weight is 292 g/mol. The fourth-order valence-corrected chi connectivity index (χ4v) is 3.43. The molecule has 80 valence electrons. The largest absolute Gasteiger partial charge is 0.399 e. The number of halogens is 1. The number of anilines is 1. The SMILES string of the molecule is Cc1cc2sc3ccc(N)cc3c2cc1Br. The van der Waals surface area contributed by atoms with Crippen molar-refractivity contribution in [2.24, 2.45) is 0 Å². The molecule has 3 heteroatoms. The van der Waals surface area contributed by atoms with Crippen LogP contribution in [0.25, 0.3) is 20.2 Å². The molecule has 1 nitrogen and oxygen atoms in total. The summed E-state index contributed by atoms with van der Waals surface area (Å²) < 4.78 is 3.77. The van der Waals surface area contributed by atoms with Crippen molar-refractivity contribution < 1.29 is 0 Å². The van der Waals surface area contributed by atoms with Gasteiger partial charge in [0, 0.05) is 30.3 Å². The Morgan fingerprint density at radius 1 is 1.06 bits per heavy atom. The van der Waals surface area contributed by atoms with Crippen molar-refractivity contribution in [1.82, 2.24) is 0 Å². The summed E-state index contributed by atoms with van der Waals surface area (Å²) in [5, 5.41) is 2.53. The molecule has 0 saturated carbocycles. The van der Waals surface area contributed by atoms with Gasteiger partial charge in [0.05, 0.1) is 0 Å². The predicted molar refractivity (Wildman–Crippen MR) is 76.2 cm³/mol. The highest BCUT2D eigenvalue weighted by Gasteiger charge is 2.07. The van der Waals surface area contributed by atoms with Crippen LogP contribution in [-0.2, 0) is 0 Å². The molecule has 0 bridgehead atoms. The number of benzene rings is 2. The van der Waals surface area contributed by atoms with Gasteiger partial charge in [-0.25, -0.2) is 0 Å². The van der Waals surface area contributed by atoms with Gasteiger partial charge in [0.25, 0.3) is 0 Å². The van der Waals surface area contributed by atoms with Crippen LogP contribution in [0.1, 0.15) is 5.56 Å². The Labute approximate surface area is 106 Å². The van der Waals surface area contributed by atoms with Crippen molar-refractivity contribution in [3.8, 4) is 0 Å². The average Bonchev–Trinajstić information content (AvgIpc) is 2.57. The van der Waals surface area contributed by atoms with E-state index in [9.17, 15) is 0 Å². The maximum atomic E-state index is 5.83. The van der Waals surface area contributed by atoms with Gasteiger partial charge in [0.1, 0.15) is 0 Å². The molecule has 2 aromatic carbocycles. The summed E-state index contributed by atoms with van der Waals surface area (Å²) in [4.78, 5) is 0. The highest BCUT2D eigenvalue weighted by molar-refractivity contribution is 9.10. The molecule has 0 unspecified atom stereocenters. The number of thiophene rings is 1. The molecule has 1 heterocycles. The van der Waals surface area contributed by atoms with E-state index in [2.05, 4.69) is 47.1 Å². The number of hydrogen-bond donors (Lipinski definition) is 1. The molecule has 0 saturated heterocycles. The van der Waals surface area contributed by atoms with E-state index in [0.717, 1.165) is 10.2 Å². The second-order valence-corrected chi connectivity index (χ2v) is 5.89. The van der Waals surface area contributed by atoms with Crippen molar-refractivity contribution in [3.63, 3.8) is 0 Å². The Balaban J connectivity index is 2.53. The van der Waals surface area contributed by atoms with E-state index in [0.29, 0.717) is 0 Å². The molecule has 0 atom stereocenters. The topological polar surface area (TPSA) is 26.0 Å². The smallest absolute Gasteiger partial charge is 0.0358 e. The number of rotatable bonds is 0. The Morgan fingerprint density at radius 2 is 1.81 bits per heavy atom. The van der Waals surface area contributed by atoms with Crippen LogP contribution in [0.2, 0.25) is 0 Å². The van der Waals surface area contributed by atoms with Crippen LogP contribution in [0.3, 0.4) is 0 Å². The van der Waals surface area contributed by atoms with Crippen LogP contribution < -0.4 is 5.73 Å². The first-order valence-corrected chi connectivity index (χ1v) is 6.64. The number of hydrogen-bond acceptors (Lipinski definition) is 2. The molecule has 0 aliphatic rings. The number of nitrogen functional groups attached to an aromatic ring is 1. The Bertz CT molecular complexity index is 700. The summed E-state index contributed by atoms with van der Waals surface area (Å²) in [6.07, 6.45) is 0. The monoisotopic (exact) mass is 291 g/mol. The highest BCUT2D eigenvalue weighted by Crippen LogP contribution is 2.37. The van der Waals surface area contributed by atoms with E-state index in [4.69, 9.17) is 5.73 Å². The van der Waals surface area contributed by atoms with Gasteiger partial charge < -0.3 is 5.73 Å². The molecule has 0 spiro atoms. The minimum Gasteiger partial charge on any atom is -0.399 e. The minimum absolute atomic E-state index is 0.823. The van der Waals surface area contributed by atoms with Crippen LogP contribution in [0.5, 0.6) is 0 Å². The number of aryl methyl sites for hydroxylation is 1. The van der Waals surface area contributed by atoms with E-state index in [1.807, 2.05) is 17.4 Å². The van der Waals surface area contributed by atoms with Gasteiger partial charge in [-0.3, -0.25) is 0 Å². The molecule has 0 amide bonds. The highest BCUT2D eigenvalue weighted by atomic mass is 79.9. The van der Waals surface area contributed by atoms with Crippen molar-refractivity contribution in [2.75, 3.05) is 5.73 Å². The first-order chi connectivity index (χ1) is 7.65. The zero-order chi connectivity index (χ0) is 11.3. The molecule has 0 aliphatic heterocycles. The van der Waals surface area contributed by atoms with Gasteiger partial charge in [-0.05, 0) is 42.8 Å². The van der Waals surface area contributed by atoms with Crippen LogP contribution in [0, 0.1) is 6.92 Å². The lowest BCUT2D eigenvalue weighted by atomic mass is 10.1. The molecular formula is C13H10BrNS. The molecule has 0 fully saturated rings. The van der Waals surface area contributed by atoms with Crippen LogP contribution in [0.15, 0.2) is 34.8 Å². The molecule has 3 rings (SSSR count). The molecular weight excluding hydrogens is 282 g/mol. The van der Waals surface area contributed by atoms with Gasteiger partial charge in [-0.15, -0.1) is 11.3 Å². The van der Waals surface area contributed by atoms with Gasteiger partial charge in [0.15, 0.2) is 0 Å². The standard InChI is InChI=1S/C13H10BrNS/c1-7-4-13-10(6-11(7)14)9-5-8(15)2-3-12(9)16-13/h2-6H,15H2,1H3. The summed E-state index contributed by atoms with van der Waals surface area (Å²) in [6.45, 7) is 2.11. The zero-order valence-corrected chi connectivity index (χ0v) is 11.2. The molecule has 2 N–H and O–H groups in total. The summed E-state index contributed by atoms with van der Waals surface area (Å²) in [5.74, 6) is 0. The third-order valence-corrected chi connectivity index (χ3v) is 4.76. The van der Waals surface area contributed by atoms with E-state index in [1.165, 1.54) is 25.7 Å². The molecule has 0 aliphatic carbocycles. The van der Waals surface area contributed by atoms with Crippen molar-refractivity contribution in [3.05, 3.63) is 40.4 Å². The maximum Gasteiger partial charge on any atom is 0.0358 e. The molecule has 1 aromatic heterocycles. The predicted octanol–water partition coefficient (Wildman–Crippen LogP) is 4.71. The fraction of sp³-hybridized carbons (Fsp3) is 0.0769. The van der Waals surface area contributed by atoms with E-state index in [-0.39, 0.29) is 0 Å². The minimum atomic E-state index is 0.823. The van der Waals surface area contributed by atoms with E-state index in [1.54, 1.807) is 0 Å². The van der Waals surface area contributed by atoms with Crippen molar-refractivity contribution in [1.29, 1.82) is 0 Å². The Kier molecular flexibility index (Phi) is 2.19. The lowest BCUT2D eigenvalue weighted by Crippen LogP contribution is -1.81. The summed E-state index contributed by atoms with van der Waals surface area (Å²) in [7, 11) is 0. The lowest BCUT2D eigenvalue weighted by molar-refractivity contribution is 1.47. The third kappa shape index (κ3) is 1.43.